The van der Waals surface area contributed by atoms with Crippen molar-refractivity contribution < 1.29 is 8.42 Å². The molecule has 0 fully saturated rings. The molecular weight excluding hydrogens is 240 g/mol. The summed E-state index contributed by atoms with van der Waals surface area (Å²) in [6, 6.07) is 0. The van der Waals surface area contributed by atoms with Crippen molar-refractivity contribution in [1.82, 2.24) is 24.8 Å². The summed E-state index contributed by atoms with van der Waals surface area (Å²) in [5.41, 5.74) is 0. The number of hydrogen-bond acceptors (Lipinski definition) is 7. The third-order valence-electron chi connectivity index (χ3n) is 1.49. The molecule has 0 aliphatic rings. The molecule has 0 atom stereocenters. The number of aromatic nitrogens is 5. The maximum atomic E-state index is 11.6. The molecule has 0 saturated carbocycles. The van der Waals surface area contributed by atoms with Gasteiger partial charge in [-0.05, 0) is 12.1 Å². The minimum Gasteiger partial charge on any atom is -0.332 e. The van der Waals surface area contributed by atoms with Crippen LogP contribution in [0.25, 0.3) is 0 Å². The molecule has 8 nitrogen and oxygen atoms in total. The van der Waals surface area contributed by atoms with Gasteiger partial charge in [-0.2, -0.15) is 8.42 Å². The van der Waals surface area contributed by atoms with Crippen LogP contribution < -0.4 is 4.72 Å². The second-order valence-electron chi connectivity index (χ2n) is 2.61. The van der Waals surface area contributed by atoms with E-state index in [1.807, 2.05) is 0 Å². The molecule has 2 rings (SSSR count). The van der Waals surface area contributed by atoms with Crippen LogP contribution in [-0.4, -0.2) is 33.2 Å². The lowest BCUT2D eigenvalue weighted by molar-refractivity contribution is 0.598. The summed E-state index contributed by atoms with van der Waals surface area (Å²) in [5.74, 6) is 0.519. The summed E-state index contributed by atoms with van der Waals surface area (Å²) in [6.07, 6.45) is 1.23. The van der Waals surface area contributed by atoms with Gasteiger partial charge in [0.05, 0.1) is 6.20 Å². The van der Waals surface area contributed by atoms with E-state index < -0.39 is 10.0 Å². The van der Waals surface area contributed by atoms with E-state index in [2.05, 4.69) is 29.5 Å². The van der Waals surface area contributed by atoms with Gasteiger partial charge < -0.3 is 4.98 Å². The van der Waals surface area contributed by atoms with Gasteiger partial charge in [-0.1, -0.05) is 9.59 Å². The van der Waals surface area contributed by atoms with Crippen LogP contribution in [-0.2, 0) is 10.0 Å². The smallest absolute Gasteiger partial charge is 0.280 e. The first kappa shape index (κ1) is 9.98. The molecular formula is C5H6N6O2S2. The standard InChI is InChI=1S/C5H6N6O2S2/c1-3-6-2-4(7-3)15(12,13)9-5-8-10-11-14-5/h2H,1H3,(H,6,7)(H,8,9,11). The summed E-state index contributed by atoms with van der Waals surface area (Å²) >= 11 is 0.854. The molecule has 2 heterocycles. The maximum Gasteiger partial charge on any atom is 0.280 e. The first-order valence-corrected chi connectivity index (χ1v) is 6.03. The van der Waals surface area contributed by atoms with Crippen LogP contribution in [0.4, 0.5) is 5.13 Å². The number of imidazole rings is 1. The zero-order valence-electron chi connectivity index (χ0n) is 7.50. The van der Waals surface area contributed by atoms with E-state index in [-0.39, 0.29) is 10.2 Å². The van der Waals surface area contributed by atoms with Gasteiger partial charge in [-0.3, -0.25) is 4.72 Å². The van der Waals surface area contributed by atoms with E-state index >= 15 is 0 Å². The molecule has 0 aliphatic carbocycles. The van der Waals surface area contributed by atoms with Crippen LogP contribution in [0.5, 0.6) is 0 Å². The third-order valence-corrected chi connectivity index (χ3v) is 3.38. The van der Waals surface area contributed by atoms with Gasteiger partial charge in [0.1, 0.15) is 5.82 Å². The van der Waals surface area contributed by atoms with E-state index in [9.17, 15) is 8.42 Å². The Morgan fingerprint density at radius 1 is 1.53 bits per heavy atom. The van der Waals surface area contributed by atoms with Gasteiger partial charge in [0, 0.05) is 11.5 Å². The predicted molar refractivity (Wildman–Crippen MR) is 51.8 cm³/mol. The molecule has 10 heteroatoms. The number of aryl methyl sites for hydroxylation is 1. The van der Waals surface area contributed by atoms with E-state index in [0.717, 1.165) is 11.5 Å². The van der Waals surface area contributed by atoms with Crippen molar-refractivity contribution in [1.29, 1.82) is 0 Å². The zero-order valence-corrected chi connectivity index (χ0v) is 9.13. The molecule has 2 N–H and O–H groups in total. The van der Waals surface area contributed by atoms with Gasteiger partial charge in [0.25, 0.3) is 10.0 Å². The summed E-state index contributed by atoms with van der Waals surface area (Å²) in [7, 11) is -3.66. The van der Waals surface area contributed by atoms with Crippen molar-refractivity contribution in [3.63, 3.8) is 0 Å². The molecule has 0 spiro atoms. The van der Waals surface area contributed by atoms with Crippen LogP contribution in [0.3, 0.4) is 0 Å². The first-order valence-electron chi connectivity index (χ1n) is 3.77. The van der Waals surface area contributed by atoms with Crippen molar-refractivity contribution in [3.05, 3.63) is 12.0 Å². The molecule has 0 aliphatic heterocycles. The van der Waals surface area contributed by atoms with E-state index in [1.165, 1.54) is 6.20 Å². The quantitative estimate of drug-likeness (QED) is 0.773. The van der Waals surface area contributed by atoms with Crippen molar-refractivity contribution in [2.75, 3.05) is 4.72 Å². The monoisotopic (exact) mass is 246 g/mol. The maximum absolute atomic E-state index is 11.6. The van der Waals surface area contributed by atoms with E-state index in [1.54, 1.807) is 6.92 Å². The Balaban J connectivity index is 2.28. The Kier molecular flexibility index (Phi) is 2.36. The number of hydrogen-bond donors (Lipinski definition) is 2. The molecule has 0 radical (unpaired) electrons. The van der Waals surface area contributed by atoms with Crippen molar-refractivity contribution in [3.8, 4) is 0 Å². The lowest BCUT2D eigenvalue weighted by Crippen LogP contribution is -2.13. The number of aromatic amines is 1. The lowest BCUT2D eigenvalue weighted by atomic mass is 10.8. The van der Waals surface area contributed by atoms with E-state index in [0.29, 0.717) is 5.82 Å². The number of nitrogens with zero attached hydrogens (tertiary/aromatic N) is 4. The molecule has 0 unspecified atom stereocenters. The van der Waals surface area contributed by atoms with Crippen LogP contribution >= 0.6 is 11.5 Å². The van der Waals surface area contributed by atoms with Crippen molar-refractivity contribution in [2.24, 2.45) is 0 Å². The fourth-order valence-corrected chi connectivity index (χ4v) is 2.43. The summed E-state index contributed by atoms with van der Waals surface area (Å²) < 4.78 is 28.9. The topological polar surface area (TPSA) is 114 Å². The minimum absolute atomic E-state index is 0.0183. The Hall–Kier alpha value is -1.55. The average molecular weight is 246 g/mol. The highest BCUT2D eigenvalue weighted by molar-refractivity contribution is 7.92. The molecule has 0 bridgehead atoms. The van der Waals surface area contributed by atoms with Crippen LogP contribution in [0.2, 0.25) is 0 Å². The Bertz CT molecular complexity index is 544. The van der Waals surface area contributed by atoms with Crippen LogP contribution in [0.15, 0.2) is 11.2 Å². The van der Waals surface area contributed by atoms with E-state index in [4.69, 9.17) is 0 Å². The molecule has 0 amide bonds. The van der Waals surface area contributed by atoms with Gasteiger partial charge in [-0.25, -0.2) is 4.98 Å². The Morgan fingerprint density at radius 3 is 2.87 bits per heavy atom. The van der Waals surface area contributed by atoms with Gasteiger partial charge >= 0.3 is 0 Å². The Morgan fingerprint density at radius 2 is 2.33 bits per heavy atom. The fraction of sp³-hybridized carbons (Fsp3) is 0.200. The molecule has 0 aromatic carbocycles. The SMILES string of the molecule is Cc1ncc(S(=O)(=O)Nc2nnns2)[nH]1. The molecule has 15 heavy (non-hydrogen) atoms. The number of H-pyrrole nitrogens is 1. The third kappa shape index (κ3) is 2.10. The van der Waals surface area contributed by atoms with Crippen LogP contribution in [0, 0.1) is 6.92 Å². The summed E-state index contributed by atoms with van der Waals surface area (Å²) in [5, 5.41) is 6.83. The highest BCUT2D eigenvalue weighted by Gasteiger charge is 2.18. The van der Waals surface area contributed by atoms with Gasteiger partial charge in [0.2, 0.25) is 5.13 Å². The molecule has 80 valence electrons. The molecule has 2 aromatic heterocycles. The first-order chi connectivity index (χ1) is 7.08. The highest BCUT2D eigenvalue weighted by atomic mass is 32.2. The van der Waals surface area contributed by atoms with Crippen LogP contribution in [0.1, 0.15) is 5.82 Å². The lowest BCUT2D eigenvalue weighted by Gasteiger charge is -1.99. The summed E-state index contributed by atoms with van der Waals surface area (Å²) in [4.78, 5) is 6.39. The fourth-order valence-electron chi connectivity index (χ4n) is 0.878. The van der Waals surface area contributed by atoms with Gasteiger partial charge in [-0.15, -0.1) is 0 Å². The highest BCUT2D eigenvalue weighted by Crippen LogP contribution is 2.13. The second kappa shape index (κ2) is 3.55. The minimum atomic E-state index is -3.66. The van der Waals surface area contributed by atoms with Crippen molar-refractivity contribution in [2.45, 2.75) is 11.9 Å². The number of nitrogens with one attached hydrogen (secondary N) is 2. The van der Waals surface area contributed by atoms with Crippen molar-refractivity contribution >= 4 is 26.7 Å². The molecule has 2 aromatic rings. The summed E-state index contributed by atoms with van der Waals surface area (Å²) in [6.45, 7) is 1.66. The molecule has 0 saturated heterocycles. The van der Waals surface area contributed by atoms with Gasteiger partial charge in [0.15, 0.2) is 5.03 Å². The largest absolute Gasteiger partial charge is 0.332 e. The average Bonchev–Trinajstić information content (AvgIpc) is 2.75. The zero-order chi connectivity index (χ0) is 10.9. The number of rotatable bonds is 3. The second-order valence-corrected chi connectivity index (χ2v) is 4.99. The number of anilines is 1. The predicted octanol–water partition coefficient (Wildman–Crippen LogP) is -0.235. The number of sulfonamides is 1. The Labute approximate surface area is 89.0 Å². The normalized spacial score (nSPS) is 11.5.